The van der Waals surface area contributed by atoms with Gasteiger partial charge in [0.15, 0.2) is 0 Å². The first-order valence-corrected chi connectivity index (χ1v) is 7.09. The van der Waals surface area contributed by atoms with Crippen LogP contribution in [0.15, 0.2) is 54.1 Å². The zero-order chi connectivity index (χ0) is 11.9. The molecular weight excluding hydrogens is 216 g/mol. The van der Waals surface area contributed by atoms with Crippen LogP contribution in [0.1, 0.15) is 36.3 Å². The van der Waals surface area contributed by atoms with E-state index in [0.717, 1.165) is 5.92 Å². The van der Waals surface area contributed by atoms with E-state index >= 15 is 0 Å². The molecule has 90 valence electrons. The predicted molar refractivity (Wildman–Crippen MR) is 76.3 cm³/mol. The van der Waals surface area contributed by atoms with Crippen LogP contribution >= 0.6 is 0 Å². The topological polar surface area (TPSA) is 0 Å². The molecule has 0 heterocycles. The van der Waals surface area contributed by atoms with Crippen molar-refractivity contribution >= 4 is 6.08 Å². The van der Waals surface area contributed by atoms with E-state index in [9.17, 15) is 0 Å². The molecule has 0 amide bonds. The fraction of sp³-hybridized carbons (Fsp3) is 0.333. The highest BCUT2D eigenvalue weighted by Gasteiger charge is 2.33. The average molecular weight is 234 g/mol. The molecule has 0 bridgehead atoms. The molecule has 0 aliphatic heterocycles. The average Bonchev–Trinajstić information content (AvgIpc) is 2.92. The molecular formula is C18H18. The standard InChI is InChI=1S/C18H18/c1-2-8-15-14(5-1)11-12-18(15)17-10-4-9-16(17)13-6-3-7-13/h1-2,4-5,8-13,17-18H,3,6-7H2. The molecule has 4 rings (SSSR count). The molecule has 0 spiro atoms. The van der Waals surface area contributed by atoms with Crippen LogP contribution in [-0.2, 0) is 0 Å². The molecule has 2 atom stereocenters. The van der Waals surface area contributed by atoms with Crippen molar-refractivity contribution in [2.75, 3.05) is 0 Å². The fourth-order valence-electron chi connectivity index (χ4n) is 3.58. The van der Waals surface area contributed by atoms with Gasteiger partial charge in [-0.25, -0.2) is 0 Å². The number of rotatable bonds is 2. The van der Waals surface area contributed by atoms with Gasteiger partial charge in [0.2, 0.25) is 0 Å². The zero-order valence-electron chi connectivity index (χ0n) is 10.5. The number of hydrogen-bond donors (Lipinski definition) is 0. The Labute approximate surface area is 109 Å². The normalized spacial score (nSPS) is 29.2. The van der Waals surface area contributed by atoms with Crippen LogP contribution in [0, 0.1) is 11.8 Å². The highest BCUT2D eigenvalue weighted by atomic mass is 14.4. The van der Waals surface area contributed by atoms with Gasteiger partial charge < -0.3 is 0 Å². The first-order chi connectivity index (χ1) is 8.93. The monoisotopic (exact) mass is 234 g/mol. The third-order valence-corrected chi connectivity index (χ3v) is 4.79. The largest absolute Gasteiger partial charge is 0.0764 e. The Morgan fingerprint density at radius 1 is 0.944 bits per heavy atom. The Bertz CT molecular complexity index is 555. The molecule has 3 aliphatic rings. The fourth-order valence-corrected chi connectivity index (χ4v) is 3.58. The highest BCUT2D eigenvalue weighted by molar-refractivity contribution is 5.63. The van der Waals surface area contributed by atoms with Crippen molar-refractivity contribution in [3.8, 4) is 0 Å². The van der Waals surface area contributed by atoms with Crippen LogP contribution in [0.3, 0.4) is 0 Å². The molecule has 0 saturated heterocycles. The second kappa shape index (κ2) is 3.98. The van der Waals surface area contributed by atoms with E-state index in [1.54, 1.807) is 5.57 Å². The molecule has 2 unspecified atom stereocenters. The lowest BCUT2D eigenvalue weighted by molar-refractivity contribution is 0.344. The van der Waals surface area contributed by atoms with Crippen molar-refractivity contribution in [2.45, 2.75) is 25.2 Å². The van der Waals surface area contributed by atoms with E-state index in [2.05, 4.69) is 54.6 Å². The van der Waals surface area contributed by atoms with E-state index in [0.29, 0.717) is 11.8 Å². The molecule has 0 nitrogen and oxygen atoms in total. The Balaban J connectivity index is 1.67. The van der Waals surface area contributed by atoms with Gasteiger partial charge in [-0.1, -0.05) is 66.6 Å². The summed E-state index contributed by atoms with van der Waals surface area (Å²) in [6.07, 6.45) is 16.0. The summed E-state index contributed by atoms with van der Waals surface area (Å²) in [7, 11) is 0. The van der Waals surface area contributed by atoms with Crippen LogP contribution < -0.4 is 0 Å². The molecule has 1 aromatic carbocycles. The van der Waals surface area contributed by atoms with Crippen molar-refractivity contribution in [3.63, 3.8) is 0 Å². The maximum absolute atomic E-state index is 2.41. The Morgan fingerprint density at radius 2 is 1.83 bits per heavy atom. The van der Waals surface area contributed by atoms with Crippen LogP contribution in [0.25, 0.3) is 6.08 Å². The quantitative estimate of drug-likeness (QED) is 0.695. The molecule has 18 heavy (non-hydrogen) atoms. The smallest absolute Gasteiger partial charge is 0.0128 e. The zero-order valence-corrected chi connectivity index (χ0v) is 10.5. The summed E-state index contributed by atoms with van der Waals surface area (Å²) in [5.41, 5.74) is 4.61. The SMILES string of the molecule is C1=CC(C2C=Cc3ccccc32)C(C2CCC2)=C1. The summed E-state index contributed by atoms with van der Waals surface area (Å²) in [5.74, 6) is 2.06. The minimum atomic E-state index is 0.576. The summed E-state index contributed by atoms with van der Waals surface area (Å²) < 4.78 is 0. The van der Waals surface area contributed by atoms with Gasteiger partial charge in [-0.05, 0) is 29.9 Å². The second-order valence-corrected chi connectivity index (χ2v) is 5.72. The molecule has 0 aromatic heterocycles. The van der Waals surface area contributed by atoms with Crippen LogP contribution in [0.5, 0.6) is 0 Å². The van der Waals surface area contributed by atoms with Gasteiger partial charge >= 0.3 is 0 Å². The summed E-state index contributed by atoms with van der Waals surface area (Å²) >= 11 is 0. The van der Waals surface area contributed by atoms with Crippen molar-refractivity contribution in [1.29, 1.82) is 0 Å². The molecule has 0 N–H and O–H groups in total. The van der Waals surface area contributed by atoms with Gasteiger partial charge in [0, 0.05) is 11.8 Å². The maximum Gasteiger partial charge on any atom is 0.0128 e. The van der Waals surface area contributed by atoms with E-state index in [1.165, 1.54) is 30.4 Å². The van der Waals surface area contributed by atoms with Crippen LogP contribution in [-0.4, -0.2) is 0 Å². The van der Waals surface area contributed by atoms with Gasteiger partial charge in [0.25, 0.3) is 0 Å². The van der Waals surface area contributed by atoms with E-state index < -0.39 is 0 Å². The molecule has 0 heteroatoms. The molecule has 0 radical (unpaired) electrons. The third-order valence-electron chi connectivity index (χ3n) is 4.79. The van der Waals surface area contributed by atoms with Crippen molar-refractivity contribution in [3.05, 3.63) is 65.3 Å². The van der Waals surface area contributed by atoms with Gasteiger partial charge in [0.05, 0.1) is 0 Å². The molecule has 1 saturated carbocycles. The maximum atomic E-state index is 2.41. The summed E-state index contributed by atoms with van der Waals surface area (Å²) in [6.45, 7) is 0. The minimum absolute atomic E-state index is 0.576. The lowest BCUT2D eigenvalue weighted by Crippen LogP contribution is -2.20. The van der Waals surface area contributed by atoms with Gasteiger partial charge in [0.1, 0.15) is 0 Å². The van der Waals surface area contributed by atoms with E-state index in [-0.39, 0.29) is 0 Å². The lowest BCUT2D eigenvalue weighted by atomic mass is 9.72. The van der Waals surface area contributed by atoms with Gasteiger partial charge in [-0.3, -0.25) is 0 Å². The number of benzene rings is 1. The van der Waals surface area contributed by atoms with Crippen LogP contribution in [0.2, 0.25) is 0 Å². The molecule has 1 aromatic rings. The van der Waals surface area contributed by atoms with Crippen LogP contribution in [0.4, 0.5) is 0 Å². The Morgan fingerprint density at radius 3 is 2.67 bits per heavy atom. The summed E-state index contributed by atoms with van der Waals surface area (Å²) in [5, 5.41) is 0. The van der Waals surface area contributed by atoms with Crippen molar-refractivity contribution < 1.29 is 0 Å². The van der Waals surface area contributed by atoms with Crippen molar-refractivity contribution in [1.82, 2.24) is 0 Å². The minimum Gasteiger partial charge on any atom is -0.0764 e. The number of fused-ring (bicyclic) bond motifs is 1. The lowest BCUT2D eigenvalue weighted by Gasteiger charge is -2.33. The van der Waals surface area contributed by atoms with E-state index in [4.69, 9.17) is 0 Å². The number of hydrogen-bond acceptors (Lipinski definition) is 0. The van der Waals surface area contributed by atoms with E-state index in [1.807, 2.05) is 0 Å². The summed E-state index contributed by atoms with van der Waals surface area (Å²) in [6, 6.07) is 8.84. The third kappa shape index (κ3) is 1.45. The molecule has 3 aliphatic carbocycles. The Hall–Kier alpha value is -1.56. The Kier molecular flexibility index (Phi) is 2.29. The predicted octanol–water partition coefficient (Wildman–Crippen LogP) is 4.71. The first-order valence-electron chi connectivity index (χ1n) is 7.09. The summed E-state index contributed by atoms with van der Waals surface area (Å²) in [4.78, 5) is 0. The first kappa shape index (κ1) is 10.4. The number of allylic oxidation sites excluding steroid dienone is 5. The van der Waals surface area contributed by atoms with Crippen molar-refractivity contribution in [2.24, 2.45) is 11.8 Å². The van der Waals surface area contributed by atoms with Gasteiger partial charge in [-0.15, -0.1) is 0 Å². The van der Waals surface area contributed by atoms with Gasteiger partial charge in [-0.2, -0.15) is 0 Å². The molecule has 1 fully saturated rings. The highest BCUT2D eigenvalue weighted by Crippen LogP contribution is 2.47. The second-order valence-electron chi connectivity index (χ2n) is 5.72.